The number of Topliss-reactive ketones (excluding diaryl/α,β-unsaturated/α-hetero) is 1. The number of methoxy groups -OCH3 is 1. The van der Waals surface area contributed by atoms with Crippen LogP contribution in [0, 0.1) is 6.92 Å². The van der Waals surface area contributed by atoms with E-state index in [0.29, 0.717) is 29.3 Å². The van der Waals surface area contributed by atoms with Crippen molar-refractivity contribution in [3.05, 3.63) is 63.7 Å². The van der Waals surface area contributed by atoms with Crippen LogP contribution in [0.15, 0.2) is 42.0 Å². The third kappa shape index (κ3) is 4.32. The summed E-state index contributed by atoms with van der Waals surface area (Å²) in [5, 5.41) is 11.7. The van der Waals surface area contributed by atoms with Crippen molar-refractivity contribution in [2.45, 2.75) is 46.3 Å². The number of carbonyl (C=O) groups excluding carboxylic acids is 2. The lowest BCUT2D eigenvalue weighted by Crippen LogP contribution is -2.30. The molecular weight excluding hydrogens is 430 g/mol. The molecule has 0 radical (unpaired) electrons. The van der Waals surface area contributed by atoms with Gasteiger partial charge in [0.25, 0.3) is 11.7 Å². The lowest BCUT2D eigenvalue weighted by Gasteiger charge is -2.27. The lowest BCUT2D eigenvalue weighted by molar-refractivity contribution is -0.139. The van der Waals surface area contributed by atoms with E-state index in [9.17, 15) is 14.7 Å². The number of rotatable bonds is 7. The summed E-state index contributed by atoms with van der Waals surface area (Å²) >= 11 is 6.32. The van der Waals surface area contributed by atoms with Crippen molar-refractivity contribution in [3.8, 4) is 11.5 Å². The number of aliphatic hydroxyl groups excluding tert-OH is 1. The first kappa shape index (κ1) is 23.7. The highest BCUT2D eigenvalue weighted by Crippen LogP contribution is 2.45. The van der Waals surface area contributed by atoms with Gasteiger partial charge >= 0.3 is 0 Å². The molecule has 1 amide bonds. The van der Waals surface area contributed by atoms with Gasteiger partial charge in [0.2, 0.25) is 0 Å². The number of para-hydroxylation sites is 1. The zero-order chi connectivity index (χ0) is 23.6. The maximum absolute atomic E-state index is 13.2. The van der Waals surface area contributed by atoms with E-state index in [1.54, 1.807) is 18.2 Å². The second-order valence-corrected chi connectivity index (χ2v) is 8.43. The SMILES string of the molecule is CCCN1C(=O)C(=O)/C(=C(/O)c2cc(C)cc(Cl)c2OC)C1c1ccccc1OC(C)C. The number of hydrogen-bond donors (Lipinski definition) is 1. The van der Waals surface area contributed by atoms with Crippen molar-refractivity contribution in [2.24, 2.45) is 0 Å². The zero-order valence-corrected chi connectivity index (χ0v) is 19.7. The molecule has 1 aliphatic heterocycles. The summed E-state index contributed by atoms with van der Waals surface area (Å²) in [6.07, 6.45) is 0.538. The molecule has 170 valence electrons. The number of halogens is 1. The molecule has 1 heterocycles. The van der Waals surface area contributed by atoms with Crippen LogP contribution in [-0.4, -0.2) is 41.5 Å². The number of ketones is 1. The average Bonchev–Trinajstić information content (AvgIpc) is 2.98. The van der Waals surface area contributed by atoms with E-state index in [0.717, 1.165) is 5.56 Å². The molecule has 32 heavy (non-hydrogen) atoms. The Morgan fingerprint density at radius 1 is 1.22 bits per heavy atom. The van der Waals surface area contributed by atoms with E-state index in [-0.39, 0.29) is 28.7 Å². The van der Waals surface area contributed by atoms with Gasteiger partial charge in [-0.1, -0.05) is 36.7 Å². The van der Waals surface area contributed by atoms with Crippen molar-refractivity contribution < 1.29 is 24.2 Å². The Morgan fingerprint density at radius 2 is 1.91 bits per heavy atom. The second kappa shape index (κ2) is 9.65. The fourth-order valence-electron chi connectivity index (χ4n) is 4.00. The molecule has 1 N–H and O–H groups in total. The number of aliphatic hydroxyl groups is 1. The Kier molecular flexibility index (Phi) is 7.14. The number of benzene rings is 2. The Balaban J connectivity index is 2.31. The molecule has 3 rings (SSSR count). The molecule has 2 aromatic rings. The van der Waals surface area contributed by atoms with Gasteiger partial charge in [-0.25, -0.2) is 0 Å². The number of nitrogens with zero attached hydrogens (tertiary/aromatic N) is 1. The number of hydrogen-bond acceptors (Lipinski definition) is 5. The van der Waals surface area contributed by atoms with Gasteiger partial charge in [0.1, 0.15) is 17.3 Å². The molecule has 7 heteroatoms. The topological polar surface area (TPSA) is 76.1 Å². The van der Waals surface area contributed by atoms with E-state index < -0.39 is 17.7 Å². The Morgan fingerprint density at radius 3 is 2.53 bits per heavy atom. The summed E-state index contributed by atoms with van der Waals surface area (Å²) in [4.78, 5) is 27.6. The van der Waals surface area contributed by atoms with Crippen molar-refractivity contribution in [2.75, 3.05) is 13.7 Å². The highest BCUT2D eigenvalue weighted by molar-refractivity contribution is 6.46. The van der Waals surface area contributed by atoms with Gasteiger partial charge < -0.3 is 19.5 Å². The van der Waals surface area contributed by atoms with E-state index in [1.807, 2.05) is 45.9 Å². The third-order valence-electron chi connectivity index (χ3n) is 5.23. The first-order valence-corrected chi connectivity index (χ1v) is 11.0. The highest BCUT2D eigenvalue weighted by Gasteiger charge is 2.47. The van der Waals surface area contributed by atoms with Crippen LogP contribution >= 0.6 is 11.6 Å². The predicted molar refractivity (Wildman–Crippen MR) is 124 cm³/mol. The Hall–Kier alpha value is -2.99. The number of carbonyl (C=O) groups is 2. The van der Waals surface area contributed by atoms with Crippen LogP contribution in [0.25, 0.3) is 5.76 Å². The molecule has 0 bridgehead atoms. The van der Waals surface area contributed by atoms with Crippen molar-refractivity contribution in [1.82, 2.24) is 4.90 Å². The van der Waals surface area contributed by atoms with Crippen LogP contribution in [0.4, 0.5) is 0 Å². The zero-order valence-electron chi connectivity index (χ0n) is 18.9. The van der Waals surface area contributed by atoms with Crippen LogP contribution in [0.3, 0.4) is 0 Å². The smallest absolute Gasteiger partial charge is 0.295 e. The van der Waals surface area contributed by atoms with Gasteiger partial charge in [-0.15, -0.1) is 0 Å². The molecule has 1 unspecified atom stereocenters. The third-order valence-corrected chi connectivity index (χ3v) is 5.51. The first-order chi connectivity index (χ1) is 15.2. The minimum Gasteiger partial charge on any atom is -0.507 e. The van der Waals surface area contributed by atoms with Gasteiger partial charge in [-0.2, -0.15) is 0 Å². The number of aryl methyl sites for hydroxylation is 1. The van der Waals surface area contributed by atoms with E-state index in [4.69, 9.17) is 21.1 Å². The fourth-order valence-corrected chi connectivity index (χ4v) is 4.35. The highest BCUT2D eigenvalue weighted by atomic mass is 35.5. The van der Waals surface area contributed by atoms with Gasteiger partial charge in [0.15, 0.2) is 0 Å². The molecule has 0 spiro atoms. The molecule has 1 saturated heterocycles. The normalized spacial score (nSPS) is 17.8. The maximum atomic E-state index is 13.2. The Labute approximate surface area is 193 Å². The maximum Gasteiger partial charge on any atom is 0.295 e. The number of ether oxygens (including phenoxy) is 2. The monoisotopic (exact) mass is 457 g/mol. The number of amides is 1. The van der Waals surface area contributed by atoms with Crippen molar-refractivity contribution >= 4 is 29.1 Å². The van der Waals surface area contributed by atoms with Crippen LogP contribution in [0.5, 0.6) is 11.5 Å². The molecule has 1 fully saturated rings. The summed E-state index contributed by atoms with van der Waals surface area (Å²) < 4.78 is 11.4. The summed E-state index contributed by atoms with van der Waals surface area (Å²) in [6, 6.07) is 9.84. The average molecular weight is 458 g/mol. The van der Waals surface area contributed by atoms with E-state index >= 15 is 0 Å². The molecule has 1 aliphatic rings. The van der Waals surface area contributed by atoms with Crippen LogP contribution in [0.1, 0.15) is 49.9 Å². The lowest BCUT2D eigenvalue weighted by atomic mass is 9.93. The first-order valence-electron chi connectivity index (χ1n) is 10.6. The van der Waals surface area contributed by atoms with Gasteiger partial charge in [-0.3, -0.25) is 9.59 Å². The molecule has 6 nitrogen and oxygen atoms in total. The van der Waals surface area contributed by atoms with Crippen LogP contribution in [-0.2, 0) is 9.59 Å². The molecule has 0 aromatic heterocycles. The summed E-state index contributed by atoms with van der Waals surface area (Å²) in [6.45, 7) is 7.91. The standard InChI is InChI=1S/C25H28ClNO5/c1-6-11-27-21(16-9-7-8-10-19(16)32-14(2)3)20(23(29)25(27)30)22(28)17-12-15(4)13-18(26)24(17)31-5/h7-10,12-14,21,28H,6,11H2,1-5H3/b22-20+. The number of likely N-dealkylation sites (tertiary alicyclic amines) is 1. The van der Waals surface area contributed by atoms with Crippen LogP contribution < -0.4 is 9.47 Å². The largest absolute Gasteiger partial charge is 0.507 e. The van der Waals surface area contributed by atoms with Gasteiger partial charge in [0, 0.05) is 12.1 Å². The Bertz CT molecular complexity index is 1080. The summed E-state index contributed by atoms with van der Waals surface area (Å²) in [5.41, 5.74) is 1.66. The predicted octanol–water partition coefficient (Wildman–Crippen LogP) is 5.28. The van der Waals surface area contributed by atoms with E-state index in [2.05, 4.69) is 0 Å². The minimum atomic E-state index is -0.797. The molecule has 2 aromatic carbocycles. The summed E-state index contributed by atoms with van der Waals surface area (Å²) in [7, 11) is 1.44. The van der Waals surface area contributed by atoms with Crippen molar-refractivity contribution in [1.29, 1.82) is 0 Å². The molecule has 0 saturated carbocycles. The quantitative estimate of drug-likeness (QED) is 0.348. The van der Waals surface area contributed by atoms with Crippen molar-refractivity contribution in [3.63, 3.8) is 0 Å². The molecule has 1 atom stereocenters. The van der Waals surface area contributed by atoms with Gasteiger partial charge in [-0.05, 0) is 51.0 Å². The van der Waals surface area contributed by atoms with Gasteiger partial charge in [0.05, 0.1) is 35.4 Å². The van der Waals surface area contributed by atoms with E-state index in [1.165, 1.54) is 12.0 Å². The molecule has 0 aliphatic carbocycles. The fraction of sp³-hybridized carbons (Fsp3) is 0.360. The minimum absolute atomic E-state index is 0.0109. The van der Waals surface area contributed by atoms with Crippen LogP contribution in [0.2, 0.25) is 5.02 Å². The summed E-state index contributed by atoms with van der Waals surface area (Å²) in [5.74, 6) is -0.943. The second-order valence-electron chi connectivity index (χ2n) is 8.02. The molecular formula is C25H28ClNO5.